The quantitative estimate of drug-likeness (QED) is 0.348. The van der Waals surface area contributed by atoms with E-state index in [9.17, 15) is 4.79 Å². The van der Waals surface area contributed by atoms with Gasteiger partial charge in [0, 0.05) is 30.6 Å². The van der Waals surface area contributed by atoms with Crippen molar-refractivity contribution in [3.05, 3.63) is 65.4 Å². The minimum Gasteiger partial charge on any atom is -0.481 e. The zero-order valence-electron chi connectivity index (χ0n) is 20.1. The molecule has 2 heterocycles. The number of aliphatic carboxylic acids is 1. The van der Waals surface area contributed by atoms with Gasteiger partial charge in [-0.15, -0.1) is 12.4 Å². The van der Waals surface area contributed by atoms with Gasteiger partial charge in [0.15, 0.2) is 5.82 Å². The molecule has 0 atom stereocenters. The van der Waals surface area contributed by atoms with Crippen LogP contribution in [0, 0.1) is 13.8 Å². The first-order valence-electron chi connectivity index (χ1n) is 12.0. The van der Waals surface area contributed by atoms with Gasteiger partial charge < -0.3 is 10.0 Å². The Balaban J connectivity index is 0.00000324. The highest BCUT2D eigenvalue weighted by molar-refractivity contribution is 5.85. The van der Waals surface area contributed by atoms with Crippen molar-refractivity contribution in [2.75, 3.05) is 18.0 Å². The lowest BCUT2D eigenvalue weighted by atomic mass is 10.0. The summed E-state index contributed by atoms with van der Waals surface area (Å²) < 4.78 is 0. The fraction of sp³-hybridized carbons (Fsp3) is 0.393. The predicted molar refractivity (Wildman–Crippen MR) is 141 cm³/mol. The van der Waals surface area contributed by atoms with Gasteiger partial charge in [0.05, 0.1) is 17.1 Å². The summed E-state index contributed by atoms with van der Waals surface area (Å²) in [5.41, 5.74) is 7.62. The second-order valence-electron chi connectivity index (χ2n) is 9.07. The molecule has 0 bridgehead atoms. The van der Waals surface area contributed by atoms with E-state index in [4.69, 9.17) is 15.1 Å². The summed E-state index contributed by atoms with van der Waals surface area (Å²) in [6.07, 6.45) is 6.09. The summed E-state index contributed by atoms with van der Waals surface area (Å²) >= 11 is 0. The highest BCUT2D eigenvalue weighted by atomic mass is 35.5. The van der Waals surface area contributed by atoms with Gasteiger partial charge in [-0.05, 0) is 39.5 Å². The van der Waals surface area contributed by atoms with Gasteiger partial charge in [-0.25, -0.2) is 9.97 Å². The van der Waals surface area contributed by atoms with Crippen molar-refractivity contribution in [3.63, 3.8) is 0 Å². The van der Waals surface area contributed by atoms with Gasteiger partial charge in [0.1, 0.15) is 0 Å². The molecule has 0 saturated heterocycles. The van der Waals surface area contributed by atoms with Gasteiger partial charge in [-0.2, -0.15) is 0 Å². The molecule has 1 N–H and O–H groups in total. The lowest BCUT2D eigenvalue weighted by molar-refractivity contribution is -0.137. The molecule has 1 aliphatic heterocycles. The number of unbranched alkanes of at least 4 members (excludes halogenated alkanes) is 3. The normalized spacial score (nSPS) is 12.7. The Morgan fingerprint density at radius 2 is 1.41 bits per heavy atom. The Morgan fingerprint density at radius 3 is 2.00 bits per heavy atom. The van der Waals surface area contributed by atoms with Crippen LogP contribution in [0.1, 0.15) is 55.3 Å². The molecule has 0 fully saturated rings. The number of carboxylic acids is 1. The number of aryl methyl sites for hydroxylation is 3. The van der Waals surface area contributed by atoms with Crippen LogP contribution in [-0.2, 0) is 11.2 Å². The number of anilines is 1. The molecule has 3 aromatic rings. The summed E-state index contributed by atoms with van der Waals surface area (Å²) in [5.74, 6) is 0.307. The van der Waals surface area contributed by atoms with Crippen LogP contribution in [0.15, 0.2) is 48.5 Å². The predicted octanol–water partition coefficient (Wildman–Crippen LogP) is 6.64. The van der Waals surface area contributed by atoms with E-state index in [2.05, 4.69) is 67.3 Å². The van der Waals surface area contributed by atoms with E-state index in [1.54, 1.807) is 0 Å². The molecule has 0 aliphatic carbocycles. The van der Waals surface area contributed by atoms with Crippen molar-refractivity contribution in [1.29, 1.82) is 0 Å². The Morgan fingerprint density at radius 1 is 0.853 bits per heavy atom. The second kappa shape index (κ2) is 12.0. The average Bonchev–Trinajstić information content (AvgIpc) is 2.81. The molecule has 180 valence electrons. The summed E-state index contributed by atoms with van der Waals surface area (Å²) in [4.78, 5) is 23.5. The Bertz CT molecular complexity index is 1100. The maximum atomic E-state index is 10.7. The number of aromatic nitrogens is 2. The van der Waals surface area contributed by atoms with Crippen LogP contribution in [0.3, 0.4) is 0 Å². The zero-order valence-corrected chi connectivity index (χ0v) is 20.9. The minimum atomic E-state index is -0.705. The molecule has 0 unspecified atom stereocenters. The molecule has 0 radical (unpaired) electrons. The zero-order chi connectivity index (χ0) is 23.2. The fourth-order valence-electron chi connectivity index (χ4n) is 4.40. The van der Waals surface area contributed by atoms with E-state index in [0.29, 0.717) is 0 Å². The Kier molecular flexibility index (Phi) is 9.05. The Labute approximate surface area is 208 Å². The highest BCUT2D eigenvalue weighted by Gasteiger charge is 2.23. The van der Waals surface area contributed by atoms with Crippen molar-refractivity contribution in [1.82, 2.24) is 9.97 Å². The van der Waals surface area contributed by atoms with Gasteiger partial charge >= 0.3 is 5.97 Å². The van der Waals surface area contributed by atoms with Crippen LogP contribution < -0.4 is 4.90 Å². The number of fused-ring (bicyclic) bond motifs is 1. The SMILES string of the molecule is Cc1ccc(-c2nc3c(nc2-c2ccc(C)cc2)N(CCCCCCC(=O)O)CCC3)cc1.Cl. The van der Waals surface area contributed by atoms with E-state index < -0.39 is 5.97 Å². The first-order chi connectivity index (χ1) is 16.0. The fourth-order valence-corrected chi connectivity index (χ4v) is 4.40. The summed E-state index contributed by atoms with van der Waals surface area (Å²) in [7, 11) is 0. The second-order valence-corrected chi connectivity index (χ2v) is 9.07. The van der Waals surface area contributed by atoms with E-state index >= 15 is 0 Å². The smallest absolute Gasteiger partial charge is 0.303 e. The van der Waals surface area contributed by atoms with Gasteiger partial charge in [0.2, 0.25) is 0 Å². The molecular formula is C28H34ClN3O2. The van der Waals surface area contributed by atoms with Crippen molar-refractivity contribution >= 4 is 24.2 Å². The van der Waals surface area contributed by atoms with Crippen molar-refractivity contribution in [2.24, 2.45) is 0 Å². The molecule has 1 aromatic heterocycles. The van der Waals surface area contributed by atoms with Crippen LogP contribution in [0.2, 0.25) is 0 Å². The lowest BCUT2D eigenvalue weighted by Crippen LogP contribution is -2.32. The van der Waals surface area contributed by atoms with Gasteiger partial charge in [0.25, 0.3) is 0 Å². The molecule has 2 aromatic carbocycles. The molecule has 1 aliphatic rings. The maximum Gasteiger partial charge on any atom is 0.303 e. The number of halogens is 1. The van der Waals surface area contributed by atoms with Crippen LogP contribution in [0.25, 0.3) is 22.5 Å². The van der Waals surface area contributed by atoms with Crippen LogP contribution in [0.4, 0.5) is 5.82 Å². The maximum absolute atomic E-state index is 10.7. The third-order valence-corrected chi connectivity index (χ3v) is 6.31. The van der Waals surface area contributed by atoms with Gasteiger partial charge in [-0.3, -0.25) is 4.79 Å². The number of carbonyl (C=O) groups is 1. The highest BCUT2D eigenvalue weighted by Crippen LogP contribution is 2.35. The molecular weight excluding hydrogens is 446 g/mol. The first-order valence-corrected chi connectivity index (χ1v) is 12.0. The monoisotopic (exact) mass is 479 g/mol. The van der Waals surface area contributed by atoms with Crippen LogP contribution in [-0.4, -0.2) is 34.1 Å². The standard InChI is InChI=1S/C28H33N3O2.ClH/c1-20-10-14-22(15-11-20)26-27(23-16-12-21(2)13-17-23)30-28-24(29-26)8-7-19-31(28)18-6-4-3-5-9-25(32)33;/h10-17H,3-9,18-19H2,1-2H3,(H,32,33);1H. The van der Waals surface area contributed by atoms with Gasteiger partial charge in [-0.1, -0.05) is 72.5 Å². The molecule has 6 heteroatoms. The Hall–Kier alpha value is -2.92. The molecule has 34 heavy (non-hydrogen) atoms. The molecule has 0 spiro atoms. The first kappa shape index (κ1) is 25.7. The summed E-state index contributed by atoms with van der Waals surface area (Å²) in [6.45, 7) is 6.13. The minimum absolute atomic E-state index is 0. The average molecular weight is 480 g/mol. The topological polar surface area (TPSA) is 66.3 Å². The molecule has 4 rings (SSSR count). The molecule has 0 saturated carbocycles. The van der Waals surface area contributed by atoms with E-state index in [-0.39, 0.29) is 18.8 Å². The summed E-state index contributed by atoms with van der Waals surface area (Å²) in [5, 5.41) is 8.81. The molecule has 0 amide bonds. The third kappa shape index (κ3) is 6.35. The molecule has 5 nitrogen and oxygen atoms in total. The van der Waals surface area contributed by atoms with Crippen molar-refractivity contribution in [2.45, 2.75) is 58.8 Å². The number of carboxylic acid groups (broad SMARTS) is 1. The summed E-state index contributed by atoms with van der Waals surface area (Å²) in [6, 6.07) is 17.1. The largest absolute Gasteiger partial charge is 0.481 e. The lowest BCUT2D eigenvalue weighted by Gasteiger charge is -2.30. The number of hydrogen-bond acceptors (Lipinski definition) is 4. The number of hydrogen-bond donors (Lipinski definition) is 1. The van der Waals surface area contributed by atoms with Crippen LogP contribution >= 0.6 is 12.4 Å². The van der Waals surface area contributed by atoms with E-state index in [1.165, 1.54) is 11.1 Å². The van der Waals surface area contributed by atoms with Crippen molar-refractivity contribution in [3.8, 4) is 22.5 Å². The van der Waals surface area contributed by atoms with E-state index in [0.717, 1.165) is 85.6 Å². The number of rotatable bonds is 9. The van der Waals surface area contributed by atoms with Crippen molar-refractivity contribution < 1.29 is 9.90 Å². The third-order valence-electron chi connectivity index (χ3n) is 6.31. The van der Waals surface area contributed by atoms with Crippen LogP contribution in [0.5, 0.6) is 0 Å². The number of nitrogens with zero attached hydrogens (tertiary/aromatic N) is 3. The number of benzene rings is 2. The van der Waals surface area contributed by atoms with E-state index in [1.807, 2.05) is 0 Å².